The van der Waals surface area contributed by atoms with Crippen LogP contribution in [-0.4, -0.2) is 42.2 Å². The summed E-state index contributed by atoms with van der Waals surface area (Å²) < 4.78 is 18.2. The number of methoxy groups -OCH3 is 2. The fourth-order valence-corrected chi connectivity index (χ4v) is 5.07. The average molecular weight is 589 g/mol. The summed E-state index contributed by atoms with van der Waals surface area (Å²) in [6.07, 6.45) is 6.28. The molecule has 184 valence electrons. The van der Waals surface area contributed by atoms with E-state index in [4.69, 9.17) is 19.2 Å². The second kappa shape index (κ2) is 11.2. The van der Waals surface area contributed by atoms with Crippen LogP contribution in [0.1, 0.15) is 56.3 Å². The lowest BCUT2D eigenvalue weighted by molar-refractivity contribution is -0.147. The van der Waals surface area contributed by atoms with Gasteiger partial charge in [-0.25, -0.2) is 9.78 Å². The van der Waals surface area contributed by atoms with Crippen molar-refractivity contribution < 1.29 is 19.0 Å². The van der Waals surface area contributed by atoms with Crippen LogP contribution in [0.2, 0.25) is 0 Å². The molecule has 4 rings (SSSR count). The lowest BCUT2D eigenvalue weighted by atomic mass is 9.88. The number of para-hydroxylation sites is 1. The van der Waals surface area contributed by atoms with Gasteiger partial charge in [0.1, 0.15) is 5.82 Å². The first-order valence-electron chi connectivity index (χ1n) is 11.6. The van der Waals surface area contributed by atoms with Gasteiger partial charge in [-0.3, -0.25) is 4.79 Å². The van der Waals surface area contributed by atoms with E-state index in [1.54, 1.807) is 25.3 Å². The number of ether oxygens (including phenoxy) is 3. The summed E-state index contributed by atoms with van der Waals surface area (Å²) in [4.78, 5) is 30.0. The summed E-state index contributed by atoms with van der Waals surface area (Å²) in [6.45, 7) is 1.61. The Morgan fingerprint density at radius 2 is 1.94 bits per heavy atom. The van der Waals surface area contributed by atoms with Crippen LogP contribution in [0.4, 0.5) is 0 Å². The van der Waals surface area contributed by atoms with Crippen molar-refractivity contribution >= 4 is 45.7 Å². The molecule has 0 aliphatic heterocycles. The van der Waals surface area contributed by atoms with Crippen molar-refractivity contribution in [3.8, 4) is 11.5 Å². The van der Waals surface area contributed by atoms with Crippen molar-refractivity contribution in [1.29, 1.82) is 0 Å². The Morgan fingerprint density at radius 1 is 1.20 bits per heavy atom. The molecule has 1 saturated carbocycles. The van der Waals surface area contributed by atoms with Crippen molar-refractivity contribution in [2.75, 3.05) is 14.2 Å². The predicted molar refractivity (Wildman–Crippen MR) is 143 cm³/mol. The number of esters is 1. The van der Waals surface area contributed by atoms with Crippen molar-refractivity contribution in [3.63, 3.8) is 0 Å². The molecular formula is C26H28IN3O5. The molecule has 8 nitrogen and oxygen atoms in total. The Labute approximate surface area is 217 Å². The number of carbonyl (C=O) groups excluding carboxylic acids is 1. The second-order valence-corrected chi connectivity index (χ2v) is 9.66. The van der Waals surface area contributed by atoms with Crippen LogP contribution in [0.3, 0.4) is 0 Å². The maximum atomic E-state index is 13.4. The molecule has 35 heavy (non-hydrogen) atoms. The van der Waals surface area contributed by atoms with Gasteiger partial charge in [0.05, 0.1) is 34.9 Å². The third-order valence-corrected chi connectivity index (χ3v) is 6.95. The Kier molecular flexibility index (Phi) is 8.04. The first kappa shape index (κ1) is 25.2. The first-order valence-corrected chi connectivity index (χ1v) is 12.7. The maximum absolute atomic E-state index is 13.4. The quantitative estimate of drug-likeness (QED) is 0.222. The van der Waals surface area contributed by atoms with E-state index in [1.807, 2.05) is 24.3 Å². The Bertz CT molecular complexity index is 1310. The zero-order valence-electron chi connectivity index (χ0n) is 20.0. The molecule has 0 amide bonds. The fraction of sp³-hybridized carbons (Fsp3) is 0.385. The van der Waals surface area contributed by atoms with Crippen molar-refractivity contribution in [2.24, 2.45) is 5.10 Å². The highest BCUT2D eigenvalue weighted by Gasteiger charge is 2.23. The Balaban J connectivity index is 1.74. The highest BCUT2D eigenvalue weighted by molar-refractivity contribution is 14.1. The van der Waals surface area contributed by atoms with Crippen LogP contribution >= 0.6 is 22.6 Å². The van der Waals surface area contributed by atoms with Gasteiger partial charge in [0.15, 0.2) is 17.6 Å². The van der Waals surface area contributed by atoms with Gasteiger partial charge in [0.25, 0.3) is 5.56 Å². The minimum absolute atomic E-state index is 0.180. The number of nitrogens with zero attached hydrogens (tertiary/aromatic N) is 3. The lowest BCUT2D eigenvalue weighted by Gasteiger charge is -2.22. The van der Waals surface area contributed by atoms with Crippen LogP contribution in [-0.2, 0) is 9.53 Å². The highest BCUT2D eigenvalue weighted by Crippen LogP contribution is 2.35. The minimum Gasteiger partial charge on any atom is -0.493 e. The van der Waals surface area contributed by atoms with Gasteiger partial charge >= 0.3 is 5.97 Å². The van der Waals surface area contributed by atoms with E-state index >= 15 is 0 Å². The molecule has 1 aliphatic carbocycles. The molecule has 0 N–H and O–H groups in total. The normalized spacial score (nSPS) is 15.3. The van der Waals surface area contributed by atoms with Gasteiger partial charge in [0, 0.05) is 5.92 Å². The zero-order chi connectivity index (χ0) is 24.9. The maximum Gasteiger partial charge on any atom is 0.346 e. The number of hydrogen-bond acceptors (Lipinski definition) is 7. The van der Waals surface area contributed by atoms with E-state index in [0.29, 0.717) is 28.2 Å². The molecular weight excluding hydrogens is 561 g/mol. The molecule has 9 heteroatoms. The third kappa shape index (κ3) is 5.50. The van der Waals surface area contributed by atoms with Gasteiger partial charge in [-0.05, 0) is 72.2 Å². The molecule has 0 bridgehead atoms. The number of benzene rings is 2. The first-order chi connectivity index (χ1) is 16.9. The SMILES string of the molecule is COC(=O)[C@H](C)Oc1c(I)cc(C=Nn2c(C3CCCCC3)nc3ccccc3c2=O)cc1OC. The number of carbonyl (C=O) groups is 1. The molecule has 0 spiro atoms. The van der Waals surface area contributed by atoms with E-state index in [2.05, 4.69) is 27.7 Å². The molecule has 0 radical (unpaired) electrons. The van der Waals surface area contributed by atoms with E-state index < -0.39 is 12.1 Å². The molecule has 1 aliphatic rings. The third-order valence-electron chi connectivity index (χ3n) is 6.15. The highest BCUT2D eigenvalue weighted by atomic mass is 127. The summed E-state index contributed by atoms with van der Waals surface area (Å²) >= 11 is 2.12. The van der Waals surface area contributed by atoms with Gasteiger partial charge in [-0.2, -0.15) is 9.78 Å². The molecule has 1 fully saturated rings. The van der Waals surface area contributed by atoms with Crippen LogP contribution in [0.25, 0.3) is 10.9 Å². The number of halogens is 1. The molecule has 3 aromatic rings. The van der Waals surface area contributed by atoms with Gasteiger partial charge in [0.2, 0.25) is 0 Å². The monoisotopic (exact) mass is 589 g/mol. The van der Waals surface area contributed by atoms with Crippen LogP contribution in [0, 0.1) is 3.57 Å². The number of hydrogen-bond donors (Lipinski definition) is 0. The molecule has 1 heterocycles. The van der Waals surface area contributed by atoms with Gasteiger partial charge < -0.3 is 14.2 Å². The summed E-state index contributed by atoms with van der Waals surface area (Å²) in [5, 5.41) is 5.13. The van der Waals surface area contributed by atoms with E-state index in [0.717, 1.165) is 34.8 Å². The van der Waals surface area contributed by atoms with E-state index in [9.17, 15) is 9.59 Å². The summed E-state index contributed by atoms with van der Waals surface area (Å²) in [6, 6.07) is 11.0. The molecule has 2 aromatic carbocycles. The Hall–Kier alpha value is -2.95. The van der Waals surface area contributed by atoms with Crippen LogP contribution in [0.5, 0.6) is 11.5 Å². The number of fused-ring (bicyclic) bond motifs is 1. The minimum atomic E-state index is -0.790. The van der Waals surface area contributed by atoms with Crippen LogP contribution < -0.4 is 15.0 Å². The zero-order valence-corrected chi connectivity index (χ0v) is 22.2. The molecule has 0 saturated heterocycles. The fourth-order valence-electron chi connectivity index (χ4n) is 4.32. The van der Waals surface area contributed by atoms with E-state index in [1.165, 1.54) is 25.3 Å². The average Bonchev–Trinajstić information content (AvgIpc) is 2.89. The summed E-state index contributed by atoms with van der Waals surface area (Å²) in [7, 11) is 2.84. The predicted octanol–water partition coefficient (Wildman–Crippen LogP) is 4.88. The van der Waals surface area contributed by atoms with Crippen LogP contribution in [0.15, 0.2) is 46.3 Å². The largest absolute Gasteiger partial charge is 0.493 e. The van der Waals surface area contributed by atoms with Crippen molar-refractivity contribution in [2.45, 2.75) is 51.0 Å². The lowest BCUT2D eigenvalue weighted by Crippen LogP contribution is -2.25. The van der Waals surface area contributed by atoms with Crippen molar-refractivity contribution in [1.82, 2.24) is 9.66 Å². The number of rotatable bonds is 7. The molecule has 0 unspecified atom stereocenters. The Morgan fingerprint density at radius 3 is 2.66 bits per heavy atom. The summed E-state index contributed by atoms with van der Waals surface area (Å²) in [5.74, 6) is 1.31. The molecule has 1 aromatic heterocycles. The smallest absolute Gasteiger partial charge is 0.346 e. The topological polar surface area (TPSA) is 92.0 Å². The van der Waals surface area contributed by atoms with E-state index in [-0.39, 0.29) is 11.5 Å². The van der Waals surface area contributed by atoms with Gasteiger partial charge in [-0.15, -0.1) is 0 Å². The second-order valence-electron chi connectivity index (χ2n) is 8.50. The van der Waals surface area contributed by atoms with Crippen molar-refractivity contribution in [3.05, 3.63) is 61.7 Å². The molecule has 1 atom stereocenters. The standard InChI is InChI=1S/C26H28IN3O5/c1-16(26(32)34-3)35-23-20(27)13-17(14-22(23)33-2)15-28-30-24(18-9-5-4-6-10-18)29-21-12-8-7-11-19(21)25(30)31/h7-8,11-16,18H,4-6,9-10H2,1-3H3/t16-/m0/s1. The summed E-state index contributed by atoms with van der Waals surface area (Å²) in [5.41, 5.74) is 1.24. The van der Waals surface area contributed by atoms with Gasteiger partial charge in [-0.1, -0.05) is 31.4 Å². The number of aromatic nitrogens is 2.